The normalized spacial score (nSPS) is 25.6. The van der Waals surface area contributed by atoms with Crippen LogP contribution in [0.15, 0.2) is 18.2 Å². The van der Waals surface area contributed by atoms with E-state index in [1.54, 1.807) is 11.8 Å². The van der Waals surface area contributed by atoms with E-state index >= 15 is 0 Å². The van der Waals surface area contributed by atoms with Crippen molar-refractivity contribution in [2.45, 2.75) is 57.8 Å². The monoisotopic (exact) mass is 445 g/mol. The minimum atomic E-state index is -0.481. The van der Waals surface area contributed by atoms with Gasteiger partial charge in [-0.3, -0.25) is 14.5 Å². The predicted octanol–water partition coefficient (Wildman–Crippen LogP) is 1.29. The summed E-state index contributed by atoms with van der Waals surface area (Å²) in [7, 11) is 0. The summed E-state index contributed by atoms with van der Waals surface area (Å²) < 4.78 is 11.9. The Balaban J connectivity index is 1.31. The van der Waals surface area contributed by atoms with E-state index in [2.05, 4.69) is 4.90 Å². The number of benzene rings is 1. The van der Waals surface area contributed by atoms with Crippen LogP contribution in [0.2, 0.25) is 0 Å². The number of carbonyl (C=O) groups excluding carboxylic acids is 2. The van der Waals surface area contributed by atoms with Crippen LogP contribution in [0.4, 0.5) is 0 Å². The van der Waals surface area contributed by atoms with Crippen LogP contribution in [0.25, 0.3) is 0 Å². The van der Waals surface area contributed by atoms with E-state index in [-0.39, 0.29) is 30.1 Å². The first-order valence-electron chi connectivity index (χ1n) is 11.6. The molecule has 2 atom stereocenters. The molecule has 8 nitrogen and oxygen atoms in total. The summed E-state index contributed by atoms with van der Waals surface area (Å²) in [5, 5.41) is 10.7. The third kappa shape index (κ3) is 5.02. The maximum absolute atomic E-state index is 12.9. The van der Waals surface area contributed by atoms with Gasteiger partial charge in [-0.05, 0) is 32.8 Å². The molecule has 3 aliphatic rings. The highest BCUT2D eigenvalue weighted by atomic mass is 16.5. The number of aliphatic hydroxyl groups excluding tert-OH is 1. The van der Waals surface area contributed by atoms with Gasteiger partial charge in [0.2, 0.25) is 5.91 Å². The Bertz CT molecular complexity index is 850. The van der Waals surface area contributed by atoms with E-state index < -0.39 is 6.10 Å². The topological polar surface area (TPSA) is 82.6 Å². The van der Waals surface area contributed by atoms with Crippen molar-refractivity contribution in [3.05, 3.63) is 23.8 Å². The van der Waals surface area contributed by atoms with Crippen LogP contribution in [0.1, 0.15) is 39.2 Å². The Morgan fingerprint density at radius 1 is 1.09 bits per heavy atom. The fourth-order valence-corrected chi connectivity index (χ4v) is 5.05. The van der Waals surface area contributed by atoms with Crippen molar-refractivity contribution >= 4 is 11.8 Å². The van der Waals surface area contributed by atoms with Crippen molar-refractivity contribution in [3.8, 4) is 11.5 Å². The van der Waals surface area contributed by atoms with E-state index in [4.69, 9.17) is 9.47 Å². The maximum Gasteiger partial charge on any atom is 0.260 e. The molecule has 1 N–H and O–H groups in total. The molecular formula is C24H35N3O5. The molecule has 3 aliphatic heterocycles. The SMILES string of the molecule is CC(=O)N1CCN([C@H]2CCN(C(=O)COc3cccc4c3OC(C)(C)C4)CC[C@@H]2O)CC1. The zero-order valence-electron chi connectivity index (χ0n) is 19.4. The highest BCUT2D eigenvalue weighted by molar-refractivity contribution is 5.78. The molecule has 1 aromatic carbocycles. The van der Waals surface area contributed by atoms with Crippen molar-refractivity contribution < 1.29 is 24.2 Å². The molecule has 2 amide bonds. The van der Waals surface area contributed by atoms with Gasteiger partial charge < -0.3 is 24.4 Å². The summed E-state index contributed by atoms with van der Waals surface area (Å²) in [5.74, 6) is 1.37. The first-order chi connectivity index (χ1) is 15.2. The fraction of sp³-hybridized carbons (Fsp3) is 0.667. The molecule has 0 unspecified atom stereocenters. The molecule has 176 valence electrons. The molecule has 2 fully saturated rings. The number of hydrogen-bond acceptors (Lipinski definition) is 6. The molecule has 0 radical (unpaired) electrons. The van der Waals surface area contributed by atoms with Gasteiger partial charge in [-0.25, -0.2) is 0 Å². The second kappa shape index (κ2) is 9.27. The van der Waals surface area contributed by atoms with E-state index in [9.17, 15) is 14.7 Å². The largest absolute Gasteiger partial charge is 0.483 e. The molecular weight excluding hydrogens is 410 g/mol. The van der Waals surface area contributed by atoms with Gasteiger partial charge in [0.05, 0.1) is 6.10 Å². The first kappa shape index (κ1) is 22.9. The molecule has 0 spiro atoms. The lowest BCUT2D eigenvalue weighted by atomic mass is 10.0. The quantitative estimate of drug-likeness (QED) is 0.752. The standard InChI is InChI=1S/C24H35N3O5/c1-17(28)25-11-13-26(14-12-25)19-7-9-27(10-8-20(19)29)22(30)16-31-21-6-4-5-18-15-24(2,3)32-23(18)21/h4-6,19-20,29H,7-16H2,1-3H3/t19-,20-/m0/s1. The Hall–Kier alpha value is -2.32. The van der Waals surface area contributed by atoms with Crippen molar-refractivity contribution in [1.82, 2.24) is 14.7 Å². The number of aliphatic hydroxyl groups is 1. The number of piperazine rings is 1. The van der Waals surface area contributed by atoms with Crippen LogP contribution in [0.3, 0.4) is 0 Å². The second-order valence-electron chi connectivity index (χ2n) is 9.71. The first-order valence-corrected chi connectivity index (χ1v) is 11.6. The van der Waals surface area contributed by atoms with Gasteiger partial charge >= 0.3 is 0 Å². The van der Waals surface area contributed by atoms with E-state index in [0.29, 0.717) is 44.8 Å². The summed E-state index contributed by atoms with van der Waals surface area (Å²) in [4.78, 5) is 30.4. The van der Waals surface area contributed by atoms with E-state index in [1.165, 1.54) is 0 Å². The number of carbonyl (C=O) groups is 2. The highest BCUT2D eigenvalue weighted by Crippen LogP contribution is 2.41. The number of para-hydroxylation sites is 1. The number of hydrogen-bond donors (Lipinski definition) is 1. The lowest BCUT2D eigenvalue weighted by molar-refractivity contribution is -0.133. The van der Waals surface area contributed by atoms with Crippen molar-refractivity contribution in [2.75, 3.05) is 45.9 Å². The molecule has 1 aromatic rings. The highest BCUT2D eigenvalue weighted by Gasteiger charge is 2.34. The molecule has 8 heteroatoms. The number of rotatable bonds is 4. The smallest absolute Gasteiger partial charge is 0.260 e. The summed E-state index contributed by atoms with van der Waals surface area (Å²) in [5.41, 5.74) is 0.836. The Labute approximate surface area is 190 Å². The van der Waals surface area contributed by atoms with Crippen LogP contribution in [0.5, 0.6) is 11.5 Å². The molecule has 3 heterocycles. The minimum absolute atomic E-state index is 0.0100. The third-order valence-electron chi connectivity index (χ3n) is 6.82. The van der Waals surface area contributed by atoms with E-state index in [1.807, 2.05) is 36.9 Å². The van der Waals surface area contributed by atoms with Crippen LogP contribution >= 0.6 is 0 Å². The van der Waals surface area contributed by atoms with Crippen molar-refractivity contribution in [2.24, 2.45) is 0 Å². The second-order valence-corrected chi connectivity index (χ2v) is 9.71. The third-order valence-corrected chi connectivity index (χ3v) is 6.82. The summed E-state index contributed by atoms with van der Waals surface area (Å²) in [6.07, 6.45) is 1.59. The zero-order valence-corrected chi connectivity index (χ0v) is 19.4. The van der Waals surface area contributed by atoms with Gasteiger partial charge in [0.15, 0.2) is 18.1 Å². The fourth-order valence-electron chi connectivity index (χ4n) is 5.05. The van der Waals surface area contributed by atoms with Crippen molar-refractivity contribution in [1.29, 1.82) is 0 Å². The van der Waals surface area contributed by atoms with Crippen molar-refractivity contribution in [3.63, 3.8) is 0 Å². The average Bonchev–Trinajstić information content (AvgIpc) is 2.95. The van der Waals surface area contributed by atoms with Crippen LogP contribution < -0.4 is 9.47 Å². The number of amides is 2. The minimum Gasteiger partial charge on any atom is -0.483 e. The molecule has 0 aromatic heterocycles. The number of fused-ring (bicyclic) bond motifs is 1. The zero-order chi connectivity index (χ0) is 22.9. The Kier molecular flexibility index (Phi) is 6.62. The summed E-state index contributed by atoms with van der Waals surface area (Å²) in [6, 6.07) is 5.82. The predicted molar refractivity (Wildman–Crippen MR) is 120 cm³/mol. The summed E-state index contributed by atoms with van der Waals surface area (Å²) in [6.45, 7) is 9.64. The average molecular weight is 446 g/mol. The molecule has 4 rings (SSSR count). The van der Waals surface area contributed by atoms with E-state index in [0.717, 1.165) is 30.8 Å². The van der Waals surface area contributed by atoms with Gasteiger partial charge in [-0.2, -0.15) is 0 Å². The van der Waals surface area contributed by atoms with Gasteiger partial charge in [0, 0.05) is 64.2 Å². The lowest BCUT2D eigenvalue weighted by Crippen LogP contribution is -2.54. The molecule has 0 saturated carbocycles. The lowest BCUT2D eigenvalue weighted by Gasteiger charge is -2.40. The van der Waals surface area contributed by atoms with Gasteiger partial charge in [0.25, 0.3) is 5.91 Å². The summed E-state index contributed by atoms with van der Waals surface area (Å²) >= 11 is 0. The van der Waals surface area contributed by atoms with Crippen LogP contribution in [-0.4, -0.2) is 95.2 Å². The van der Waals surface area contributed by atoms with Gasteiger partial charge in [0.1, 0.15) is 5.60 Å². The Morgan fingerprint density at radius 2 is 1.81 bits per heavy atom. The molecule has 0 bridgehead atoms. The molecule has 0 aliphatic carbocycles. The number of likely N-dealkylation sites (tertiary alicyclic amines) is 1. The van der Waals surface area contributed by atoms with Crippen LogP contribution in [-0.2, 0) is 16.0 Å². The maximum atomic E-state index is 12.9. The molecule has 32 heavy (non-hydrogen) atoms. The van der Waals surface area contributed by atoms with Crippen LogP contribution in [0, 0.1) is 0 Å². The molecule has 2 saturated heterocycles. The van der Waals surface area contributed by atoms with Gasteiger partial charge in [-0.15, -0.1) is 0 Å². The Morgan fingerprint density at radius 3 is 2.53 bits per heavy atom. The van der Waals surface area contributed by atoms with Gasteiger partial charge in [-0.1, -0.05) is 12.1 Å². The number of ether oxygens (including phenoxy) is 2. The number of nitrogens with zero attached hydrogens (tertiary/aromatic N) is 3.